The molecular weight excluding hydrogens is 417 g/mol. The molecule has 0 radical (unpaired) electrons. The summed E-state index contributed by atoms with van der Waals surface area (Å²) in [4.78, 5) is 4.72. The molecule has 0 N–H and O–H groups in total. The number of anilines is 1. The summed E-state index contributed by atoms with van der Waals surface area (Å²) >= 11 is 0. The van der Waals surface area contributed by atoms with Crippen LogP contribution in [0.25, 0.3) is 28.1 Å². The molecule has 0 aliphatic rings. The van der Waals surface area contributed by atoms with Gasteiger partial charge in [-0.1, -0.05) is 30.3 Å². The first-order valence-corrected chi connectivity index (χ1v) is 10.8. The Hall–Kier alpha value is -3.85. The first kappa shape index (κ1) is 19.1. The Bertz CT molecular complexity index is 1520. The monoisotopic (exact) mass is 433 g/mol. The average Bonchev–Trinajstić information content (AvgIpc) is 3.24. The molecule has 0 spiro atoms. The van der Waals surface area contributed by atoms with E-state index in [1.165, 1.54) is 31.3 Å². The highest BCUT2D eigenvalue weighted by Gasteiger charge is 2.27. The molecule has 0 aliphatic carbocycles. The molecule has 0 unspecified atom stereocenters. The fourth-order valence-electron chi connectivity index (χ4n) is 3.43. The number of benzene rings is 3. The molecule has 2 aromatic heterocycles. The van der Waals surface area contributed by atoms with E-state index in [0.717, 1.165) is 4.31 Å². The van der Waals surface area contributed by atoms with E-state index in [1.54, 1.807) is 40.8 Å². The normalized spacial score (nSPS) is 11.8. The van der Waals surface area contributed by atoms with E-state index in [2.05, 4.69) is 15.2 Å². The van der Waals surface area contributed by atoms with Gasteiger partial charge in [0.1, 0.15) is 5.82 Å². The average molecular weight is 433 g/mol. The van der Waals surface area contributed by atoms with Crippen molar-refractivity contribution in [2.75, 3.05) is 11.4 Å². The molecule has 9 heteroatoms. The fourth-order valence-corrected chi connectivity index (χ4v) is 4.60. The van der Waals surface area contributed by atoms with Gasteiger partial charge in [0.2, 0.25) is 5.65 Å². The van der Waals surface area contributed by atoms with Crippen molar-refractivity contribution in [2.45, 2.75) is 4.90 Å². The van der Waals surface area contributed by atoms with Gasteiger partial charge in [0.15, 0.2) is 11.6 Å². The fraction of sp³-hybridized carbons (Fsp3) is 0.0455. The molecule has 0 aliphatic heterocycles. The van der Waals surface area contributed by atoms with Crippen LogP contribution >= 0.6 is 0 Å². The minimum Gasteiger partial charge on any atom is -0.270 e. The molecule has 0 bridgehead atoms. The van der Waals surface area contributed by atoms with Crippen LogP contribution in [0.3, 0.4) is 0 Å². The molecule has 0 amide bonds. The maximum Gasteiger partial charge on any atom is 0.265 e. The molecule has 31 heavy (non-hydrogen) atoms. The Morgan fingerprint density at radius 3 is 2.29 bits per heavy atom. The highest BCUT2D eigenvalue weighted by molar-refractivity contribution is 7.92. The molecule has 0 saturated heterocycles. The van der Waals surface area contributed by atoms with Crippen LogP contribution in [0, 0.1) is 5.82 Å². The molecule has 0 fully saturated rings. The summed E-state index contributed by atoms with van der Waals surface area (Å²) in [7, 11) is -2.44. The van der Waals surface area contributed by atoms with Crippen molar-refractivity contribution in [1.82, 2.24) is 19.6 Å². The maximum atomic E-state index is 13.4. The molecular formula is C22H16FN5O2S. The number of para-hydroxylation sites is 2. The SMILES string of the molecule is CN(c1nc2ccccc2n2c(-c3ccc(F)cc3)nnc12)S(=O)(=O)c1ccccc1. The third-order valence-corrected chi connectivity index (χ3v) is 6.78. The van der Waals surface area contributed by atoms with Crippen molar-refractivity contribution < 1.29 is 12.8 Å². The number of hydrogen-bond acceptors (Lipinski definition) is 5. The van der Waals surface area contributed by atoms with Gasteiger partial charge in [-0.3, -0.25) is 4.40 Å². The summed E-state index contributed by atoms with van der Waals surface area (Å²) in [6.07, 6.45) is 0. The van der Waals surface area contributed by atoms with Gasteiger partial charge in [0, 0.05) is 12.6 Å². The second-order valence-electron chi connectivity index (χ2n) is 6.90. The van der Waals surface area contributed by atoms with E-state index in [4.69, 9.17) is 0 Å². The summed E-state index contributed by atoms with van der Waals surface area (Å²) in [6.45, 7) is 0. The Kier molecular flexibility index (Phi) is 4.40. The van der Waals surface area contributed by atoms with Crippen molar-refractivity contribution in [3.05, 3.63) is 84.7 Å². The summed E-state index contributed by atoms with van der Waals surface area (Å²) in [5, 5.41) is 8.52. The summed E-state index contributed by atoms with van der Waals surface area (Å²) in [6, 6.07) is 21.3. The van der Waals surface area contributed by atoms with Gasteiger partial charge in [-0.05, 0) is 48.5 Å². The molecule has 0 atom stereocenters. The molecule has 7 nitrogen and oxygen atoms in total. The van der Waals surface area contributed by atoms with Gasteiger partial charge < -0.3 is 0 Å². The molecule has 5 rings (SSSR count). The summed E-state index contributed by atoms with van der Waals surface area (Å²) in [5.74, 6) is 0.238. The number of halogens is 1. The van der Waals surface area contributed by atoms with E-state index in [-0.39, 0.29) is 22.2 Å². The van der Waals surface area contributed by atoms with Crippen molar-refractivity contribution in [3.8, 4) is 11.4 Å². The standard InChI is InChI=1S/C22H16FN5O2S/c1-27(31(29,30)17-7-3-2-4-8-17)21-22-26-25-20(15-11-13-16(23)14-12-15)28(22)19-10-6-5-9-18(19)24-21/h2-14H,1H3. The second-order valence-corrected chi connectivity index (χ2v) is 8.87. The smallest absolute Gasteiger partial charge is 0.265 e. The minimum atomic E-state index is -3.87. The first-order valence-electron chi connectivity index (χ1n) is 9.40. The highest BCUT2D eigenvalue weighted by atomic mass is 32.2. The quantitative estimate of drug-likeness (QED) is 0.429. The number of hydrogen-bond donors (Lipinski definition) is 0. The third kappa shape index (κ3) is 3.10. The number of rotatable bonds is 4. The molecule has 2 heterocycles. The predicted octanol–water partition coefficient (Wildman–Crippen LogP) is 3.91. The van der Waals surface area contributed by atoms with Crippen LogP contribution < -0.4 is 4.31 Å². The third-order valence-electron chi connectivity index (χ3n) is 5.01. The zero-order valence-electron chi connectivity index (χ0n) is 16.3. The van der Waals surface area contributed by atoms with E-state index >= 15 is 0 Å². The number of nitrogens with zero attached hydrogens (tertiary/aromatic N) is 5. The van der Waals surface area contributed by atoms with Gasteiger partial charge in [-0.25, -0.2) is 22.1 Å². The Morgan fingerprint density at radius 1 is 0.871 bits per heavy atom. The lowest BCUT2D eigenvalue weighted by molar-refractivity contribution is 0.594. The van der Waals surface area contributed by atoms with Crippen LogP contribution in [0.2, 0.25) is 0 Å². The summed E-state index contributed by atoms with van der Waals surface area (Å²) < 4.78 is 42.7. The zero-order valence-corrected chi connectivity index (χ0v) is 17.2. The topological polar surface area (TPSA) is 80.5 Å². The Morgan fingerprint density at radius 2 is 1.55 bits per heavy atom. The lowest BCUT2D eigenvalue weighted by Crippen LogP contribution is -2.28. The van der Waals surface area contributed by atoms with Crippen molar-refractivity contribution in [3.63, 3.8) is 0 Å². The van der Waals surface area contributed by atoms with Crippen molar-refractivity contribution in [2.24, 2.45) is 0 Å². The van der Waals surface area contributed by atoms with Crippen LogP contribution in [0.4, 0.5) is 10.2 Å². The molecule has 3 aromatic carbocycles. The van der Waals surface area contributed by atoms with E-state index < -0.39 is 10.0 Å². The zero-order chi connectivity index (χ0) is 21.6. The van der Waals surface area contributed by atoms with E-state index in [9.17, 15) is 12.8 Å². The Labute approximate surface area is 177 Å². The van der Waals surface area contributed by atoms with Gasteiger partial charge in [-0.2, -0.15) is 0 Å². The first-order chi connectivity index (χ1) is 15.0. The molecule has 0 saturated carbocycles. The number of aromatic nitrogens is 4. The molecule has 154 valence electrons. The van der Waals surface area contributed by atoms with Gasteiger partial charge >= 0.3 is 0 Å². The van der Waals surface area contributed by atoms with Crippen molar-refractivity contribution in [1.29, 1.82) is 0 Å². The van der Waals surface area contributed by atoms with Crippen LogP contribution in [-0.4, -0.2) is 35.0 Å². The van der Waals surface area contributed by atoms with E-state index in [1.807, 2.05) is 18.2 Å². The van der Waals surface area contributed by atoms with Gasteiger partial charge in [0.05, 0.1) is 15.9 Å². The van der Waals surface area contributed by atoms with Crippen molar-refractivity contribution >= 4 is 32.5 Å². The summed E-state index contributed by atoms with van der Waals surface area (Å²) in [5.41, 5.74) is 2.20. The minimum absolute atomic E-state index is 0.142. The lowest BCUT2D eigenvalue weighted by Gasteiger charge is -2.19. The van der Waals surface area contributed by atoms with Gasteiger partial charge in [0.25, 0.3) is 10.0 Å². The highest BCUT2D eigenvalue weighted by Crippen LogP contribution is 2.30. The van der Waals surface area contributed by atoms with Crippen LogP contribution in [-0.2, 0) is 10.0 Å². The molecule has 5 aromatic rings. The van der Waals surface area contributed by atoms with E-state index in [0.29, 0.717) is 22.4 Å². The van der Waals surface area contributed by atoms with Gasteiger partial charge in [-0.15, -0.1) is 10.2 Å². The number of fused-ring (bicyclic) bond motifs is 3. The van der Waals surface area contributed by atoms with Crippen LogP contribution in [0.1, 0.15) is 0 Å². The largest absolute Gasteiger partial charge is 0.270 e. The van der Waals surface area contributed by atoms with Crippen LogP contribution in [0.15, 0.2) is 83.8 Å². The number of sulfonamides is 1. The second kappa shape index (κ2) is 7.13. The lowest BCUT2D eigenvalue weighted by atomic mass is 10.2. The Balaban J connectivity index is 1.79. The predicted molar refractivity (Wildman–Crippen MR) is 116 cm³/mol. The maximum absolute atomic E-state index is 13.4. The van der Waals surface area contributed by atoms with Crippen LogP contribution in [0.5, 0.6) is 0 Å².